The minimum atomic E-state index is -0.179. The van der Waals surface area contributed by atoms with Gasteiger partial charge in [0.25, 0.3) is 0 Å². The highest BCUT2D eigenvalue weighted by molar-refractivity contribution is 6.30. The summed E-state index contributed by atoms with van der Waals surface area (Å²) in [5.41, 5.74) is 1.62. The average molecular weight is 265 g/mol. The van der Waals surface area contributed by atoms with E-state index in [2.05, 4.69) is 4.98 Å². The Morgan fingerprint density at radius 1 is 1.11 bits per heavy atom. The van der Waals surface area contributed by atoms with E-state index in [9.17, 15) is 4.39 Å². The molecule has 2 aromatic rings. The number of nitrogens with zero attached hydrogens (tertiary/aromatic N) is 2. The van der Waals surface area contributed by atoms with Crippen LogP contribution in [0.25, 0.3) is 0 Å². The quantitative estimate of drug-likeness (QED) is 0.786. The average Bonchev–Trinajstić information content (AvgIpc) is 2.35. The maximum atomic E-state index is 13.5. The van der Waals surface area contributed by atoms with Crippen LogP contribution in [0.15, 0.2) is 42.6 Å². The second kappa shape index (κ2) is 5.94. The predicted octanol–water partition coefficient (Wildman–Crippen LogP) is 3.51. The van der Waals surface area contributed by atoms with E-state index in [0.29, 0.717) is 23.8 Å². The zero-order valence-electron chi connectivity index (χ0n) is 10.1. The van der Waals surface area contributed by atoms with Gasteiger partial charge in [-0.2, -0.15) is 0 Å². The molecule has 0 amide bonds. The van der Waals surface area contributed by atoms with Gasteiger partial charge in [-0.3, -0.25) is 4.90 Å². The Morgan fingerprint density at radius 2 is 1.78 bits per heavy atom. The van der Waals surface area contributed by atoms with Crippen molar-refractivity contribution >= 4 is 11.6 Å². The van der Waals surface area contributed by atoms with Crippen molar-refractivity contribution in [1.82, 2.24) is 9.88 Å². The van der Waals surface area contributed by atoms with Gasteiger partial charge in [0.15, 0.2) is 0 Å². The van der Waals surface area contributed by atoms with Gasteiger partial charge >= 0.3 is 0 Å². The largest absolute Gasteiger partial charge is 0.298 e. The van der Waals surface area contributed by atoms with Gasteiger partial charge in [-0.1, -0.05) is 35.9 Å². The standard InChI is InChI=1S/C14H14ClFN2/c1-18(9-11-5-2-3-7-13(11)16)10-12-6-4-8-17-14(12)15/h2-8H,9-10H2,1H3. The molecule has 0 atom stereocenters. The van der Waals surface area contributed by atoms with Crippen molar-refractivity contribution < 1.29 is 4.39 Å². The molecule has 0 radical (unpaired) electrons. The second-order valence-electron chi connectivity index (χ2n) is 4.22. The molecule has 0 bridgehead atoms. The van der Waals surface area contributed by atoms with E-state index in [1.165, 1.54) is 6.07 Å². The number of hydrogen-bond donors (Lipinski definition) is 0. The molecule has 0 aliphatic rings. The highest BCUT2D eigenvalue weighted by Crippen LogP contribution is 2.15. The first-order chi connectivity index (χ1) is 8.66. The van der Waals surface area contributed by atoms with Crippen molar-refractivity contribution in [2.75, 3.05) is 7.05 Å². The van der Waals surface area contributed by atoms with Crippen LogP contribution in [0.4, 0.5) is 4.39 Å². The van der Waals surface area contributed by atoms with Crippen molar-refractivity contribution in [1.29, 1.82) is 0 Å². The number of benzene rings is 1. The Bertz CT molecular complexity index is 483. The summed E-state index contributed by atoms with van der Waals surface area (Å²) in [7, 11) is 1.93. The molecule has 0 fully saturated rings. The summed E-state index contributed by atoms with van der Waals surface area (Å²) in [5.74, 6) is -0.179. The molecule has 18 heavy (non-hydrogen) atoms. The number of halogens is 2. The molecule has 0 aliphatic heterocycles. The van der Waals surface area contributed by atoms with Crippen molar-refractivity contribution in [2.45, 2.75) is 13.1 Å². The Hall–Kier alpha value is -1.45. The maximum Gasteiger partial charge on any atom is 0.133 e. The highest BCUT2D eigenvalue weighted by Gasteiger charge is 2.07. The molecule has 0 unspecified atom stereocenters. The highest BCUT2D eigenvalue weighted by atomic mass is 35.5. The normalized spacial score (nSPS) is 10.9. The smallest absolute Gasteiger partial charge is 0.133 e. The fourth-order valence-electron chi connectivity index (χ4n) is 1.80. The first kappa shape index (κ1) is 13.0. The third-order valence-electron chi connectivity index (χ3n) is 2.67. The van der Waals surface area contributed by atoms with Gasteiger partial charge in [-0.25, -0.2) is 9.37 Å². The van der Waals surface area contributed by atoms with E-state index in [1.54, 1.807) is 18.3 Å². The molecule has 0 aliphatic carbocycles. The minimum absolute atomic E-state index is 0.179. The number of aromatic nitrogens is 1. The van der Waals surface area contributed by atoms with Crippen LogP contribution in [0.2, 0.25) is 5.15 Å². The summed E-state index contributed by atoms with van der Waals surface area (Å²) >= 11 is 5.99. The van der Waals surface area contributed by atoms with Crippen LogP contribution in [-0.4, -0.2) is 16.9 Å². The van der Waals surface area contributed by atoms with Gasteiger partial charge < -0.3 is 0 Å². The molecule has 94 valence electrons. The van der Waals surface area contributed by atoms with E-state index in [1.807, 2.05) is 30.1 Å². The van der Waals surface area contributed by atoms with Gasteiger partial charge in [-0.15, -0.1) is 0 Å². The van der Waals surface area contributed by atoms with Gasteiger partial charge in [0.2, 0.25) is 0 Å². The van der Waals surface area contributed by atoms with Gasteiger partial charge in [-0.05, 0) is 19.2 Å². The van der Waals surface area contributed by atoms with Crippen LogP contribution in [-0.2, 0) is 13.1 Å². The molecule has 2 nitrogen and oxygen atoms in total. The summed E-state index contributed by atoms with van der Waals surface area (Å²) in [4.78, 5) is 6.02. The van der Waals surface area contributed by atoms with E-state index >= 15 is 0 Å². The number of rotatable bonds is 4. The van der Waals surface area contributed by atoms with Gasteiger partial charge in [0.05, 0.1) is 0 Å². The summed E-state index contributed by atoms with van der Waals surface area (Å²) < 4.78 is 13.5. The lowest BCUT2D eigenvalue weighted by Gasteiger charge is -2.17. The summed E-state index contributed by atoms with van der Waals surface area (Å²) in [6.07, 6.45) is 1.66. The summed E-state index contributed by atoms with van der Waals surface area (Å²) in [6.45, 7) is 1.18. The molecule has 1 aromatic carbocycles. The fraction of sp³-hybridized carbons (Fsp3) is 0.214. The molecule has 1 aromatic heterocycles. The molecule has 2 rings (SSSR count). The maximum absolute atomic E-state index is 13.5. The topological polar surface area (TPSA) is 16.1 Å². The van der Waals surface area contributed by atoms with Crippen LogP contribution in [0.5, 0.6) is 0 Å². The second-order valence-corrected chi connectivity index (χ2v) is 4.58. The van der Waals surface area contributed by atoms with Crippen LogP contribution < -0.4 is 0 Å². The van der Waals surface area contributed by atoms with Crippen LogP contribution in [0.1, 0.15) is 11.1 Å². The van der Waals surface area contributed by atoms with Crippen LogP contribution >= 0.6 is 11.6 Å². The van der Waals surface area contributed by atoms with Crippen LogP contribution in [0, 0.1) is 5.82 Å². The van der Waals surface area contributed by atoms with Gasteiger partial charge in [0, 0.05) is 30.4 Å². The third-order valence-corrected chi connectivity index (χ3v) is 3.02. The molecule has 4 heteroatoms. The fourth-order valence-corrected chi connectivity index (χ4v) is 1.98. The van der Waals surface area contributed by atoms with E-state index in [-0.39, 0.29) is 5.82 Å². The van der Waals surface area contributed by atoms with E-state index < -0.39 is 0 Å². The van der Waals surface area contributed by atoms with Crippen molar-refractivity contribution in [2.24, 2.45) is 0 Å². The number of hydrogen-bond acceptors (Lipinski definition) is 2. The molecule has 0 saturated heterocycles. The lowest BCUT2D eigenvalue weighted by molar-refractivity contribution is 0.313. The summed E-state index contributed by atoms with van der Waals surface area (Å²) in [6, 6.07) is 10.6. The zero-order valence-corrected chi connectivity index (χ0v) is 10.9. The lowest BCUT2D eigenvalue weighted by Crippen LogP contribution is -2.18. The molecular weight excluding hydrogens is 251 g/mol. The zero-order chi connectivity index (χ0) is 13.0. The Labute approximate surface area is 111 Å². The number of pyridine rings is 1. The Morgan fingerprint density at radius 3 is 2.50 bits per heavy atom. The van der Waals surface area contributed by atoms with Gasteiger partial charge in [0.1, 0.15) is 11.0 Å². The first-order valence-electron chi connectivity index (χ1n) is 5.68. The Balaban J connectivity index is 2.04. The molecule has 0 N–H and O–H groups in total. The monoisotopic (exact) mass is 264 g/mol. The molecular formula is C14H14ClFN2. The van der Waals surface area contributed by atoms with Crippen molar-refractivity contribution in [3.05, 3.63) is 64.7 Å². The summed E-state index contributed by atoms with van der Waals surface area (Å²) in [5, 5.41) is 0.498. The first-order valence-corrected chi connectivity index (χ1v) is 6.06. The Kier molecular flexibility index (Phi) is 4.28. The molecule has 0 saturated carbocycles. The predicted molar refractivity (Wildman–Crippen MR) is 70.8 cm³/mol. The SMILES string of the molecule is CN(Cc1ccccc1F)Cc1cccnc1Cl. The van der Waals surface area contributed by atoms with E-state index in [4.69, 9.17) is 11.6 Å². The molecule has 1 heterocycles. The van der Waals surface area contributed by atoms with E-state index in [0.717, 1.165) is 5.56 Å². The van der Waals surface area contributed by atoms with Crippen molar-refractivity contribution in [3.63, 3.8) is 0 Å². The third kappa shape index (κ3) is 3.28. The lowest BCUT2D eigenvalue weighted by atomic mass is 10.2. The van der Waals surface area contributed by atoms with Crippen LogP contribution in [0.3, 0.4) is 0 Å². The van der Waals surface area contributed by atoms with Crippen molar-refractivity contribution in [3.8, 4) is 0 Å². The molecule has 0 spiro atoms. The minimum Gasteiger partial charge on any atom is -0.298 e.